The Morgan fingerprint density at radius 2 is 1.57 bits per heavy atom. The number of nitrogens with zero attached hydrogens (tertiary/aromatic N) is 1. The van der Waals surface area contributed by atoms with Gasteiger partial charge in [0.2, 0.25) is 0 Å². The molecule has 0 N–H and O–H groups in total. The minimum absolute atomic E-state index is 0.172. The minimum atomic E-state index is 0.172. The van der Waals surface area contributed by atoms with Crippen molar-refractivity contribution in [1.29, 1.82) is 0 Å². The van der Waals surface area contributed by atoms with E-state index in [9.17, 15) is 4.79 Å². The topological polar surface area (TPSA) is 20.3 Å². The highest BCUT2D eigenvalue weighted by Gasteiger charge is 2.41. The number of hydrogen-bond acceptors (Lipinski definition) is 2. The first-order valence-corrected chi connectivity index (χ1v) is 11.7. The summed E-state index contributed by atoms with van der Waals surface area (Å²) in [7, 11) is 0. The maximum atomic E-state index is 13.7. The van der Waals surface area contributed by atoms with Gasteiger partial charge in [-0.25, -0.2) is 0 Å². The van der Waals surface area contributed by atoms with E-state index in [1.807, 2.05) is 0 Å². The van der Waals surface area contributed by atoms with Crippen molar-refractivity contribution in [2.75, 3.05) is 0 Å². The molecule has 2 bridgehead atoms. The molecular formula is C28H29NO. The molecule has 3 aliphatic rings. The van der Waals surface area contributed by atoms with Crippen molar-refractivity contribution in [3.8, 4) is 0 Å². The molecule has 3 aromatic rings. The maximum Gasteiger partial charge on any atom is 0.166 e. The quantitative estimate of drug-likeness (QED) is 0.509. The summed E-state index contributed by atoms with van der Waals surface area (Å²) in [6, 6.07) is 22.8. The van der Waals surface area contributed by atoms with Crippen LogP contribution in [-0.2, 0) is 19.4 Å². The minimum Gasteiger partial charge on any atom is -0.294 e. The van der Waals surface area contributed by atoms with Crippen LogP contribution in [0, 0.1) is 5.92 Å². The van der Waals surface area contributed by atoms with Crippen molar-refractivity contribution in [1.82, 2.24) is 4.90 Å². The van der Waals surface area contributed by atoms with Gasteiger partial charge >= 0.3 is 0 Å². The zero-order chi connectivity index (χ0) is 20.1. The monoisotopic (exact) mass is 395 g/mol. The average Bonchev–Trinajstić information content (AvgIpc) is 3.19. The van der Waals surface area contributed by atoms with Crippen LogP contribution in [0.5, 0.6) is 0 Å². The molecule has 6 rings (SSSR count). The second-order valence-corrected chi connectivity index (χ2v) is 9.54. The molecule has 2 aliphatic heterocycles. The van der Waals surface area contributed by atoms with Gasteiger partial charge in [-0.05, 0) is 66.0 Å². The van der Waals surface area contributed by atoms with Crippen LogP contribution in [0.1, 0.15) is 59.2 Å². The Bertz CT molecular complexity index is 1080. The number of aryl methyl sites for hydroxylation is 2. The molecule has 2 atom stereocenters. The lowest BCUT2D eigenvalue weighted by molar-refractivity contribution is 0.00911. The first-order chi connectivity index (χ1) is 14.8. The Labute approximate surface area is 178 Å². The molecule has 152 valence electrons. The van der Waals surface area contributed by atoms with Gasteiger partial charge in [-0.3, -0.25) is 9.69 Å². The first-order valence-electron chi connectivity index (χ1n) is 11.7. The van der Waals surface area contributed by atoms with Crippen LogP contribution in [0.15, 0.2) is 60.7 Å². The van der Waals surface area contributed by atoms with Gasteiger partial charge in [0.1, 0.15) is 0 Å². The number of ketones is 1. The SMILES string of the molecule is O=C(c1ccc2c3c(cccc13)CC2)C1CC2CCCC(C1)N2Cc1ccccc1. The number of Topliss-reactive ketones (excluding diaryl/α,β-unsaturated/α-hetero) is 1. The summed E-state index contributed by atoms with van der Waals surface area (Å²) in [5.41, 5.74) is 5.21. The summed E-state index contributed by atoms with van der Waals surface area (Å²) in [6.07, 6.45) is 8.05. The van der Waals surface area contributed by atoms with Gasteiger partial charge in [0, 0.05) is 30.1 Å². The number of piperidine rings is 2. The van der Waals surface area contributed by atoms with E-state index in [0.717, 1.165) is 37.8 Å². The number of hydrogen-bond donors (Lipinski definition) is 0. The van der Waals surface area contributed by atoms with Gasteiger partial charge in [-0.2, -0.15) is 0 Å². The van der Waals surface area contributed by atoms with Crippen molar-refractivity contribution < 1.29 is 4.79 Å². The summed E-state index contributed by atoms with van der Waals surface area (Å²) in [5, 5.41) is 2.56. The lowest BCUT2D eigenvalue weighted by Crippen LogP contribution is -2.52. The number of carbonyl (C=O) groups excluding carboxylic acids is 1. The molecule has 0 radical (unpaired) electrons. The van der Waals surface area contributed by atoms with E-state index >= 15 is 0 Å². The van der Waals surface area contributed by atoms with Crippen LogP contribution in [0.3, 0.4) is 0 Å². The first kappa shape index (κ1) is 18.3. The molecule has 2 saturated heterocycles. The van der Waals surface area contributed by atoms with Crippen molar-refractivity contribution in [3.63, 3.8) is 0 Å². The van der Waals surface area contributed by atoms with Gasteiger partial charge in [0.25, 0.3) is 0 Å². The van der Waals surface area contributed by atoms with Crippen LogP contribution in [-0.4, -0.2) is 22.8 Å². The Morgan fingerprint density at radius 1 is 0.833 bits per heavy atom. The van der Waals surface area contributed by atoms with Gasteiger partial charge < -0.3 is 0 Å². The second-order valence-electron chi connectivity index (χ2n) is 9.54. The predicted molar refractivity (Wildman–Crippen MR) is 122 cm³/mol. The summed E-state index contributed by atoms with van der Waals surface area (Å²) in [6.45, 7) is 1.03. The third-order valence-corrected chi connectivity index (χ3v) is 7.85. The van der Waals surface area contributed by atoms with Crippen LogP contribution >= 0.6 is 0 Å². The standard InChI is InChI=1S/C28H29NO/c30-28(26-15-14-21-13-12-20-8-4-11-25(26)27(20)21)22-16-23-9-5-10-24(17-22)29(23)18-19-6-2-1-3-7-19/h1-4,6-8,11,14-15,22-24H,5,9-10,12-13,16-18H2. The molecule has 2 heteroatoms. The predicted octanol–water partition coefficient (Wildman–Crippen LogP) is 5.95. The number of fused-ring (bicyclic) bond motifs is 2. The Balaban J connectivity index is 1.28. The molecule has 0 aromatic heterocycles. The van der Waals surface area contributed by atoms with Crippen LogP contribution in [0.2, 0.25) is 0 Å². The lowest BCUT2D eigenvalue weighted by atomic mass is 9.75. The normalized spacial score (nSPS) is 25.5. The summed E-state index contributed by atoms with van der Waals surface area (Å²) >= 11 is 0. The summed E-state index contributed by atoms with van der Waals surface area (Å²) in [5.74, 6) is 0.563. The summed E-state index contributed by atoms with van der Waals surface area (Å²) < 4.78 is 0. The largest absolute Gasteiger partial charge is 0.294 e. The number of carbonyl (C=O) groups is 1. The molecule has 2 nitrogen and oxygen atoms in total. The van der Waals surface area contributed by atoms with E-state index in [2.05, 4.69) is 65.6 Å². The van der Waals surface area contributed by atoms with Crippen LogP contribution in [0.4, 0.5) is 0 Å². The Morgan fingerprint density at radius 3 is 2.33 bits per heavy atom. The number of benzene rings is 3. The average molecular weight is 396 g/mol. The Kier molecular flexibility index (Phi) is 4.49. The number of rotatable bonds is 4. The molecule has 0 amide bonds. The Hall–Kier alpha value is -2.45. The molecule has 30 heavy (non-hydrogen) atoms. The molecule has 0 spiro atoms. The molecule has 2 fully saturated rings. The fourth-order valence-electron chi connectivity index (χ4n) is 6.43. The fraction of sp³-hybridized carbons (Fsp3) is 0.393. The smallest absolute Gasteiger partial charge is 0.166 e. The van der Waals surface area contributed by atoms with Crippen molar-refractivity contribution in [2.24, 2.45) is 5.92 Å². The van der Waals surface area contributed by atoms with Gasteiger partial charge in [-0.15, -0.1) is 0 Å². The van der Waals surface area contributed by atoms with Gasteiger partial charge in [0.15, 0.2) is 5.78 Å². The molecule has 3 aromatic carbocycles. The molecule has 2 heterocycles. The zero-order valence-corrected chi connectivity index (χ0v) is 17.5. The highest BCUT2D eigenvalue weighted by atomic mass is 16.1. The second kappa shape index (κ2) is 7.35. The van der Waals surface area contributed by atoms with Crippen LogP contribution in [0.25, 0.3) is 10.8 Å². The highest BCUT2D eigenvalue weighted by molar-refractivity contribution is 6.11. The zero-order valence-electron chi connectivity index (χ0n) is 17.5. The third-order valence-electron chi connectivity index (χ3n) is 7.85. The van der Waals surface area contributed by atoms with Crippen LogP contribution < -0.4 is 0 Å². The highest BCUT2D eigenvalue weighted by Crippen LogP contribution is 2.41. The van der Waals surface area contributed by atoms with Gasteiger partial charge in [-0.1, -0.05) is 67.1 Å². The fourth-order valence-corrected chi connectivity index (χ4v) is 6.43. The van der Waals surface area contributed by atoms with Gasteiger partial charge in [0.05, 0.1) is 0 Å². The third kappa shape index (κ3) is 3.01. The molecule has 2 unspecified atom stereocenters. The van der Waals surface area contributed by atoms with E-state index < -0.39 is 0 Å². The van der Waals surface area contributed by atoms with E-state index in [1.165, 1.54) is 46.7 Å². The molecule has 0 saturated carbocycles. The van der Waals surface area contributed by atoms with Crippen molar-refractivity contribution in [3.05, 3.63) is 82.9 Å². The van der Waals surface area contributed by atoms with E-state index in [-0.39, 0.29) is 5.92 Å². The molecular weight excluding hydrogens is 366 g/mol. The van der Waals surface area contributed by atoms with Crippen molar-refractivity contribution >= 4 is 16.6 Å². The van der Waals surface area contributed by atoms with E-state index in [4.69, 9.17) is 0 Å². The summed E-state index contributed by atoms with van der Waals surface area (Å²) in [4.78, 5) is 16.4. The molecule has 1 aliphatic carbocycles. The van der Waals surface area contributed by atoms with Crippen molar-refractivity contribution in [2.45, 2.75) is 63.6 Å². The lowest BCUT2D eigenvalue weighted by Gasteiger charge is -2.48. The maximum absolute atomic E-state index is 13.7. The van der Waals surface area contributed by atoms with E-state index in [0.29, 0.717) is 17.9 Å². The van der Waals surface area contributed by atoms with E-state index in [1.54, 1.807) is 0 Å².